The number of aromatic carboxylic acids is 1. The van der Waals surface area contributed by atoms with Crippen LogP contribution in [-0.2, 0) is 6.42 Å². The van der Waals surface area contributed by atoms with Crippen LogP contribution < -0.4 is 0 Å². The fraction of sp³-hybridized carbons (Fsp3) is 0.312. The van der Waals surface area contributed by atoms with Gasteiger partial charge >= 0.3 is 5.97 Å². The zero-order valence-electron chi connectivity index (χ0n) is 11.5. The van der Waals surface area contributed by atoms with Gasteiger partial charge in [0.05, 0.1) is 0 Å². The highest BCUT2D eigenvalue weighted by Crippen LogP contribution is 2.31. The van der Waals surface area contributed by atoms with Crippen LogP contribution in [0.3, 0.4) is 0 Å². The van der Waals surface area contributed by atoms with Crippen molar-refractivity contribution in [3.8, 4) is 11.8 Å². The summed E-state index contributed by atoms with van der Waals surface area (Å²) in [7, 11) is 0. The Hall–Kier alpha value is -2.61. The first kappa shape index (κ1) is 13.4. The molecule has 1 aromatic heterocycles. The highest BCUT2D eigenvalue weighted by Gasteiger charge is 2.19. The average molecular weight is 281 g/mol. The average Bonchev–Trinajstić information content (AvgIpc) is 3.17. The molecule has 0 spiro atoms. The maximum Gasteiger partial charge on any atom is 0.358 e. The third-order valence-electron chi connectivity index (χ3n) is 3.47. The minimum absolute atomic E-state index is 0.0247. The van der Waals surface area contributed by atoms with Crippen LogP contribution >= 0.6 is 0 Å². The van der Waals surface area contributed by atoms with E-state index in [0.29, 0.717) is 12.1 Å². The minimum atomic E-state index is -1.07. The molecule has 2 N–H and O–H groups in total. The largest absolute Gasteiger partial charge is 0.476 e. The lowest BCUT2D eigenvalue weighted by molar-refractivity contribution is 0.0689. The van der Waals surface area contributed by atoms with Crippen molar-refractivity contribution in [2.45, 2.75) is 25.7 Å². The van der Waals surface area contributed by atoms with Gasteiger partial charge in [0.15, 0.2) is 5.69 Å². The molecule has 0 amide bonds. The maximum atomic E-state index is 11.0. The fourth-order valence-corrected chi connectivity index (χ4v) is 2.07. The molecule has 1 saturated carbocycles. The summed E-state index contributed by atoms with van der Waals surface area (Å²) in [4.78, 5) is 11.0. The molecule has 21 heavy (non-hydrogen) atoms. The molecule has 0 aliphatic heterocycles. The number of hydrogen-bond acceptors (Lipinski definition) is 3. The number of aromatic amines is 1. The molecule has 106 valence electrons. The van der Waals surface area contributed by atoms with E-state index < -0.39 is 5.97 Å². The first-order valence-electron chi connectivity index (χ1n) is 6.93. The fourth-order valence-electron chi connectivity index (χ4n) is 2.07. The zero-order valence-corrected chi connectivity index (χ0v) is 11.5. The van der Waals surface area contributed by atoms with Gasteiger partial charge < -0.3 is 5.11 Å². The van der Waals surface area contributed by atoms with E-state index in [0.717, 1.165) is 23.5 Å². The van der Waals surface area contributed by atoms with Crippen LogP contribution in [0.2, 0.25) is 0 Å². The summed E-state index contributed by atoms with van der Waals surface area (Å²) in [5.41, 5.74) is 2.38. The summed E-state index contributed by atoms with van der Waals surface area (Å²) in [6, 6.07) is 7.80. The molecule has 3 rings (SSSR count). The smallest absolute Gasteiger partial charge is 0.358 e. The lowest BCUT2D eigenvalue weighted by atomic mass is 10.1. The topological polar surface area (TPSA) is 78.9 Å². The second-order valence-electron chi connectivity index (χ2n) is 5.25. The van der Waals surface area contributed by atoms with Gasteiger partial charge in [-0.2, -0.15) is 10.3 Å². The predicted molar refractivity (Wildman–Crippen MR) is 76.8 cm³/mol. The number of rotatable bonds is 4. The van der Waals surface area contributed by atoms with Crippen LogP contribution in [0, 0.1) is 17.8 Å². The number of carbonyl (C=O) groups is 1. The first-order valence-corrected chi connectivity index (χ1v) is 6.93. The molecule has 1 aliphatic rings. The zero-order chi connectivity index (χ0) is 14.7. The van der Waals surface area contributed by atoms with Gasteiger partial charge in [-0.25, -0.2) is 4.79 Å². The number of benzene rings is 1. The summed E-state index contributed by atoms with van der Waals surface area (Å²) < 4.78 is 0. The van der Waals surface area contributed by atoms with Gasteiger partial charge in [0, 0.05) is 18.4 Å². The van der Waals surface area contributed by atoms with E-state index in [4.69, 9.17) is 5.11 Å². The Bertz CT molecular complexity index is 703. The molecule has 1 aromatic carbocycles. The first-order chi connectivity index (χ1) is 10.2. The molecule has 1 aliphatic carbocycles. The monoisotopic (exact) mass is 281 g/mol. The Balaban J connectivity index is 1.67. The number of H-pyrrole nitrogens is 1. The third-order valence-corrected chi connectivity index (χ3v) is 3.47. The second kappa shape index (κ2) is 5.80. The summed E-state index contributed by atoms with van der Waals surface area (Å²) >= 11 is 0. The van der Waals surface area contributed by atoms with Gasteiger partial charge in [0.1, 0.15) is 5.69 Å². The van der Waals surface area contributed by atoms with E-state index in [2.05, 4.69) is 27.3 Å². The van der Waals surface area contributed by atoms with Crippen molar-refractivity contribution in [1.82, 2.24) is 15.4 Å². The van der Waals surface area contributed by atoms with Gasteiger partial charge in [0.25, 0.3) is 0 Å². The quantitative estimate of drug-likeness (QED) is 0.842. The summed E-state index contributed by atoms with van der Waals surface area (Å²) in [6.07, 6.45) is 4.06. The van der Waals surface area contributed by atoms with Crippen molar-refractivity contribution >= 4 is 5.97 Å². The normalized spacial score (nSPS) is 13.5. The van der Waals surface area contributed by atoms with Crippen LogP contribution in [0.1, 0.15) is 46.6 Å². The van der Waals surface area contributed by atoms with Crippen molar-refractivity contribution in [2.24, 2.45) is 5.92 Å². The molecular formula is C16H15N3O2. The highest BCUT2D eigenvalue weighted by molar-refractivity contribution is 5.86. The molecule has 0 atom stereocenters. The Labute approximate surface area is 122 Å². The SMILES string of the molecule is O=C(O)c1n[nH]nc1Cc1ccc(C#CCC2CC2)cc1. The van der Waals surface area contributed by atoms with Gasteiger partial charge in [-0.05, 0) is 36.5 Å². The standard InChI is InChI=1S/C16H15N3O2/c20-16(21)15-14(17-19-18-15)10-13-8-6-12(7-9-13)3-1-2-11-4-5-11/h6-9,11H,2,4-5,10H2,(H,20,21)(H,17,18,19). The molecule has 0 radical (unpaired) electrons. The van der Waals surface area contributed by atoms with Crippen LogP contribution in [0.15, 0.2) is 24.3 Å². The Morgan fingerprint density at radius 3 is 2.71 bits per heavy atom. The Morgan fingerprint density at radius 1 is 1.29 bits per heavy atom. The van der Waals surface area contributed by atoms with Crippen molar-refractivity contribution in [3.05, 3.63) is 46.8 Å². The van der Waals surface area contributed by atoms with Gasteiger partial charge in [-0.15, -0.1) is 5.10 Å². The molecule has 2 aromatic rings. The highest BCUT2D eigenvalue weighted by atomic mass is 16.4. The molecule has 1 heterocycles. The van der Waals surface area contributed by atoms with E-state index >= 15 is 0 Å². The number of nitrogens with one attached hydrogen (secondary N) is 1. The molecule has 5 heteroatoms. The molecule has 0 bridgehead atoms. The van der Waals surface area contributed by atoms with Crippen molar-refractivity contribution in [3.63, 3.8) is 0 Å². The molecule has 0 unspecified atom stereocenters. The van der Waals surface area contributed by atoms with Crippen molar-refractivity contribution in [2.75, 3.05) is 0 Å². The summed E-state index contributed by atoms with van der Waals surface area (Å²) in [5.74, 6) is 6.10. The summed E-state index contributed by atoms with van der Waals surface area (Å²) in [6.45, 7) is 0. The predicted octanol–water partition coefficient (Wildman–Crippen LogP) is 2.25. The molecule has 5 nitrogen and oxygen atoms in total. The van der Waals surface area contributed by atoms with E-state index in [-0.39, 0.29) is 5.69 Å². The van der Waals surface area contributed by atoms with Crippen LogP contribution in [0.5, 0.6) is 0 Å². The van der Waals surface area contributed by atoms with E-state index in [1.807, 2.05) is 24.3 Å². The van der Waals surface area contributed by atoms with E-state index in [1.54, 1.807) is 0 Å². The molecule has 0 saturated heterocycles. The number of carboxylic acids is 1. The van der Waals surface area contributed by atoms with Gasteiger partial charge in [0.2, 0.25) is 0 Å². The van der Waals surface area contributed by atoms with Gasteiger partial charge in [-0.1, -0.05) is 24.0 Å². The number of hydrogen-bond donors (Lipinski definition) is 2. The Kier molecular flexibility index (Phi) is 3.69. The number of nitrogens with zero attached hydrogens (tertiary/aromatic N) is 2. The maximum absolute atomic E-state index is 11.0. The van der Waals surface area contributed by atoms with Gasteiger partial charge in [-0.3, -0.25) is 0 Å². The van der Waals surface area contributed by atoms with Crippen LogP contribution in [0.25, 0.3) is 0 Å². The van der Waals surface area contributed by atoms with Crippen molar-refractivity contribution < 1.29 is 9.90 Å². The lowest BCUT2D eigenvalue weighted by Crippen LogP contribution is -2.02. The van der Waals surface area contributed by atoms with E-state index in [9.17, 15) is 4.79 Å². The Morgan fingerprint density at radius 2 is 2.05 bits per heavy atom. The van der Waals surface area contributed by atoms with Crippen LogP contribution in [-0.4, -0.2) is 26.5 Å². The van der Waals surface area contributed by atoms with Crippen LogP contribution in [0.4, 0.5) is 0 Å². The van der Waals surface area contributed by atoms with E-state index in [1.165, 1.54) is 12.8 Å². The van der Waals surface area contributed by atoms with Crippen molar-refractivity contribution in [1.29, 1.82) is 0 Å². The number of carboxylic acid groups (broad SMARTS) is 1. The molecular weight excluding hydrogens is 266 g/mol. The third kappa shape index (κ3) is 3.48. The second-order valence-corrected chi connectivity index (χ2v) is 5.25. The minimum Gasteiger partial charge on any atom is -0.476 e. The lowest BCUT2D eigenvalue weighted by Gasteiger charge is -1.99. The number of aromatic nitrogens is 3. The molecule has 1 fully saturated rings. The summed E-state index contributed by atoms with van der Waals surface area (Å²) in [5, 5.41) is 18.9.